The molecule has 0 aliphatic heterocycles. The van der Waals surface area contributed by atoms with Crippen molar-refractivity contribution in [2.75, 3.05) is 7.11 Å². The van der Waals surface area contributed by atoms with Crippen molar-refractivity contribution in [3.05, 3.63) is 23.5 Å². The van der Waals surface area contributed by atoms with Crippen LogP contribution in [0.15, 0.2) is 17.1 Å². The Hall–Kier alpha value is -1.91. The van der Waals surface area contributed by atoms with Crippen molar-refractivity contribution in [2.24, 2.45) is 4.99 Å². The van der Waals surface area contributed by atoms with E-state index in [1.165, 1.54) is 25.6 Å². The van der Waals surface area contributed by atoms with Gasteiger partial charge in [0.05, 0.1) is 19.1 Å². The lowest BCUT2D eigenvalue weighted by Gasteiger charge is -2.06. The van der Waals surface area contributed by atoms with Gasteiger partial charge in [0.15, 0.2) is 0 Å². The van der Waals surface area contributed by atoms with Crippen LogP contribution in [0.25, 0.3) is 0 Å². The van der Waals surface area contributed by atoms with Gasteiger partial charge in [0.25, 0.3) is 0 Å². The Bertz CT molecular complexity index is 391. The summed E-state index contributed by atoms with van der Waals surface area (Å²) in [5, 5.41) is 2.25. The molecular formula is C10H11FN2O2. The number of methoxy groups -OCH3 is 1. The fourth-order valence-electron chi connectivity index (χ4n) is 1.12. The van der Waals surface area contributed by atoms with Crippen molar-refractivity contribution < 1.29 is 13.9 Å². The molecule has 0 saturated carbocycles. The number of halogens is 1. The number of nitrogens with zero attached hydrogens (tertiary/aromatic N) is 1. The first kappa shape index (κ1) is 11.2. The van der Waals surface area contributed by atoms with Crippen LogP contribution in [0.3, 0.4) is 0 Å². The Balaban J connectivity index is 3.06. The molecule has 0 spiro atoms. The van der Waals surface area contributed by atoms with Crippen LogP contribution in [-0.2, 0) is 4.79 Å². The molecule has 0 aromatic heterocycles. The van der Waals surface area contributed by atoms with Crippen LogP contribution >= 0.6 is 0 Å². The van der Waals surface area contributed by atoms with E-state index in [0.29, 0.717) is 23.4 Å². The molecule has 1 aromatic carbocycles. The highest BCUT2D eigenvalue weighted by Gasteiger charge is 2.06. The zero-order valence-corrected chi connectivity index (χ0v) is 8.45. The Labute approximate surface area is 86.8 Å². The van der Waals surface area contributed by atoms with E-state index in [4.69, 9.17) is 4.74 Å². The molecule has 0 fully saturated rings. The normalized spacial score (nSPS) is 10.3. The lowest BCUT2D eigenvalue weighted by molar-refractivity contribution is -0.108. The molecule has 5 heteroatoms. The first-order valence-electron chi connectivity index (χ1n) is 4.25. The number of carbonyl (C=O) groups is 1. The van der Waals surface area contributed by atoms with Gasteiger partial charge in [0.2, 0.25) is 6.41 Å². The van der Waals surface area contributed by atoms with Crippen molar-refractivity contribution in [1.82, 2.24) is 5.32 Å². The predicted octanol–water partition coefficient (Wildman–Crippen LogP) is 1.55. The van der Waals surface area contributed by atoms with Crippen molar-refractivity contribution in [1.29, 1.82) is 0 Å². The molecule has 0 atom stereocenters. The Kier molecular flexibility index (Phi) is 3.79. The molecule has 80 valence electrons. The van der Waals surface area contributed by atoms with Gasteiger partial charge in [-0.25, -0.2) is 9.38 Å². The van der Waals surface area contributed by atoms with E-state index in [1.807, 2.05) is 0 Å². The van der Waals surface area contributed by atoms with Crippen LogP contribution in [0.5, 0.6) is 5.75 Å². The van der Waals surface area contributed by atoms with E-state index in [9.17, 15) is 9.18 Å². The minimum Gasteiger partial charge on any atom is -0.496 e. The molecule has 0 radical (unpaired) electrons. The number of aliphatic imine (C=N–C) groups is 1. The van der Waals surface area contributed by atoms with Crippen LogP contribution < -0.4 is 10.1 Å². The van der Waals surface area contributed by atoms with Gasteiger partial charge in [-0.3, -0.25) is 4.79 Å². The molecule has 4 nitrogen and oxygen atoms in total. The van der Waals surface area contributed by atoms with Gasteiger partial charge < -0.3 is 10.1 Å². The third-order valence-electron chi connectivity index (χ3n) is 1.86. The monoisotopic (exact) mass is 210 g/mol. The maximum absolute atomic E-state index is 13.1. The van der Waals surface area contributed by atoms with Crippen LogP contribution in [-0.4, -0.2) is 19.9 Å². The van der Waals surface area contributed by atoms with Crippen LogP contribution in [0, 0.1) is 12.7 Å². The molecule has 0 unspecified atom stereocenters. The van der Waals surface area contributed by atoms with Gasteiger partial charge in [0.1, 0.15) is 11.6 Å². The summed E-state index contributed by atoms with van der Waals surface area (Å²) < 4.78 is 18.0. The highest BCUT2D eigenvalue weighted by Crippen LogP contribution is 2.28. The average molecular weight is 210 g/mol. The first-order chi connectivity index (χ1) is 7.19. The summed E-state index contributed by atoms with van der Waals surface area (Å²) >= 11 is 0. The molecular weight excluding hydrogens is 199 g/mol. The minimum absolute atomic E-state index is 0.418. The second kappa shape index (κ2) is 5.09. The number of amides is 1. The van der Waals surface area contributed by atoms with Crippen molar-refractivity contribution >= 4 is 18.4 Å². The molecule has 15 heavy (non-hydrogen) atoms. The van der Waals surface area contributed by atoms with E-state index in [2.05, 4.69) is 10.3 Å². The summed E-state index contributed by atoms with van der Waals surface area (Å²) in [5.74, 6) is -0.0102. The number of nitrogens with one attached hydrogen (secondary N) is 1. The molecule has 0 heterocycles. The summed E-state index contributed by atoms with van der Waals surface area (Å²) in [6, 6.07) is 2.54. The Morgan fingerprint density at radius 3 is 2.87 bits per heavy atom. The highest BCUT2D eigenvalue weighted by atomic mass is 19.1. The molecule has 0 bridgehead atoms. The van der Waals surface area contributed by atoms with Crippen molar-refractivity contribution in [2.45, 2.75) is 6.92 Å². The van der Waals surface area contributed by atoms with E-state index in [-0.39, 0.29) is 0 Å². The summed E-state index contributed by atoms with van der Waals surface area (Å²) in [6.07, 6.45) is 1.67. The van der Waals surface area contributed by atoms with E-state index < -0.39 is 5.82 Å². The zero-order valence-electron chi connectivity index (χ0n) is 8.45. The molecule has 1 rings (SSSR count). The van der Waals surface area contributed by atoms with Crippen LogP contribution in [0.1, 0.15) is 5.56 Å². The summed E-state index contributed by atoms with van der Waals surface area (Å²) in [4.78, 5) is 13.8. The number of ether oxygens (including phenoxy) is 1. The van der Waals surface area contributed by atoms with Gasteiger partial charge >= 0.3 is 0 Å². The quantitative estimate of drug-likeness (QED) is 0.465. The van der Waals surface area contributed by atoms with E-state index in [1.54, 1.807) is 6.92 Å². The Morgan fingerprint density at radius 1 is 1.53 bits per heavy atom. The van der Waals surface area contributed by atoms with Crippen molar-refractivity contribution in [3.63, 3.8) is 0 Å². The number of benzene rings is 1. The van der Waals surface area contributed by atoms with Gasteiger partial charge in [-0.15, -0.1) is 0 Å². The number of carbonyl (C=O) groups excluding carboxylic acids is 1. The van der Waals surface area contributed by atoms with Crippen molar-refractivity contribution in [3.8, 4) is 5.75 Å². The standard InChI is InChI=1S/C10H11FN2O2/c1-7-9(13-5-12-6-14)3-8(11)4-10(7)15-2/h3-6H,1-2H3,(H,12,13,14). The number of rotatable bonds is 4. The lowest BCUT2D eigenvalue weighted by atomic mass is 10.2. The molecule has 1 N–H and O–H groups in total. The topological polar surface area (TPSA) is 50.7 Å². The minimum atomic E-state index is -0.435. The molecule has 1 amide bonds. The van der Waals surface area contributed by atoms with Gasteiger partial charge in [0, 0.05) is 17.7 Å². The second-order valence-corrected chi connectivity index (χ2v) is 2.79. The predicted molar refractivity (Wildman–Crippen MR) is 55.0 cm³/mol. The maximum atomic E-state index is 13.1. The molecule has 0 aliphatic carbocycles. The summed E-state index contributed by atoms with van der Waals surface area (Å²) in [6.45, 7) is 1.76. The highest BCUT2D eigenvalue weighted by molar-refractivity contribution is 5.74. The third kappa shape index (κ3) is 2.77. The maximum Gasteiger partial charge on any atom is 0.212 e. The first-order valence-corrected chi connectivity index (χ1v) is 4.25. The molecule has 1 aromatic rings. The summed E-state index contributed by atoms with van der Waals surface area (Å²) in [7, 11) is 1.46. The SMILES string of the molecule is COc1cc(F)cc(/N=C\NC=O)c1C. The van der Waals surface area contributed by atoms with Crippen LogP contribution in [0.4, 0.5) is 10.1 Å². The Morgan fingerprint density at radius 2 is 2.27 bits per heavy atom. The van der Waals surface area contributed by atoms with Gasteiger partial charge in [-0.05, 0) is 6.92 Å². The number of hydrogen-bond donors (Lipinski definition) is 1. The molecule has 0 saturated heterocycles. The zero-order chi connectivity index (χ0) is 11.3. The average Bonchev–Trinajstić information content (AvgIpc) is 2.23. The largest absolute Gasteiger partial charge is 0.496 e. The van der Waals surface area contributed by atoms with Gasteiger partial charge in [-0.1, -0.05) is 0 Å². The smallest absolute Gasteiger partial charge is 0.212 e. The fourth-order valence-corrected chi connectivity index (χ4v) is 1.12. The molecule has 0 aliphatic rings. The lowest BCUT2D eigenvalue weighted by Crippen LogP contribution is -2.05. The number of hydrogen-bond acceptors (Lipinski definition) is 3. The fraction of sp³-hybridized carbons (Fsp3) is 0.200. The van der Waals surface area contributed by atoms with E-state index >= 15 is 0 Å². The van der Waals surface area contributed by atoms with Crippen LogP contribution in [0.2, 0.25) is 0 Å². The second-order valence-electron chi connectivity index (χ2n) is 2.79. The summed E-state index contributed by atoms with van der Waals surface area (Å²) in [5.41, 5.74) is 1.13. The third-order valence-corrected chi connectivity index (χ3v) is 1.86. The van der Waals surface area contributed by atoms with E-state index in [0.717, 1.165) is 0 Å². The van der Waals surface area contributed by atoms with Gasteiger partial charge in [-0.2, -0.15) is 0 Å².